The average molecular weight is 1060 g/mol. The van der Waals surface area contributed by atoms with E-state index in [-0.39, 0.29) is 0 Å². The average Bonchev–Trinajstić information content (AvgIpc) is 4.11. The Morgan fingerprint density at radius 1 is 0.224 bits per heavy atom. The van der Waals surface area contributed by atoms with Crippen molar-refractivity contribution >= 4 is 0 Å². The van der Waals surface area contributed by atoms with Crippen molar-refractivity contribution in [2.75, 3.05) is 136 Å². The van der Waals surface area contributed by atoms with E-state index in [1.807, 2.05) is 0 Å². The largest absolute Gasteiger partial charge is 0.306 e. The molecule has 0 radical (unpaired) electrons. The normalized spacial score (nSPS) is 47.8. The minimum atomic E-state index is 0.865. The maximum Gasteiger partial charge on any atom is 0.0238 e. The third-order valence-corrected chi connectivity index (χ3v) is 25.5. The molecular weight excluding hydrogens is 933 g/mol. The van der Waals surface area contributed by atoms with Crippen LogP contribution in [0.2, 0.25) is 0 Å². The molecule has 0 aromatic rings. The summed E-state index contributed by atoms with van der Waals surface area (Å²) in [7, 11) is 22.6. The highest BCUT2D eigenvalue weighted by molar-refractivity contribution is 5.00. The smallest absolute Gasteiger partial charge is 0.0238 e. The Kier molecular flexibility index (Phi) is 21.0. The second-order valence-corrected chi connectivity index (χ2v) is 31.1. The number of rotatable bonds is 0. The van der Waals surface area contributed by atoms with Gasteiger partial charge >= 0.3 is 0 Å². The summed E-state index contributed by atoms with van der Waals surface area (Å²) < 4.78 is 0. The predicted molar refractivity (Wildman–Crippen MR) is 323 cm³/mol. The maximum absolute atomic E-state index is 2.60. The first kappa shape index (κ1) is 60.2. The molecule has 15 saturated heterocycles. The first-order valence-corrected chi connectivity index (χ1v) is 33.2. The van der Waals surface area contributed by atoms with Gasteiger partial charge in [-0.15, -0.1) is 0 Å². The molecule has 0 aromatic carbocycles. The van der Waals surface area contributed by atoms with Crippen LogP contribution in [0, 0.1) is 71.0 Å². The van der Waals surface area contributed by atoms with Crippen LogP contribution in [0.5, 0.6) is 0 Å². The van der Waals surface area contributed by atoms with Crippen LogP contribution in [0.25, 0.3) is 0 Å². The number of likely N-dealkylation sites (N-methyl/N-ethyl adjacent to an activating group) is 4. The fraction of sp³-hybridized carbons (Fsp3) is 1.00. The van der Waals surface area contributed by atoms with Crippen molar-refractivity contribution in [2.24, 2.45) is 71.0 Å². The number of nitrogens with zero attached hydrogens (tertiary/aromatic N) is 10. The Morgan fingerprint density at radius 3 is 0.921 bits per heavy atom. The molecule has 0 N–H and O–H groups in total. The van der Waals surface area contributed by atoms with Crippen LogP contribution in [0.15, 0.2) is 0 Å². The molecule has 5 saturated carbocycles. The molecule has 18 atom stereocenters. The molecule has 440 valence electrons. The maximum atomic E-state index is 2.60. The zero-order valence-electron chi connectivity index (χ0n) is 53.0. The molecule has 0 aromatic heterocycles. The summed E-state index contributed by atoms with van der Waals surface area (Å²) in [6.45, 7) is 27.8. The Hall–Kier alpha value is -0.400. The van der Waals surface area contributed by atoms with E-state index >= 15 is 0 Å². The van der Waals surface area contributed by atoms with Crippen molar-refractivity contribution in [3.8, 4) is 0 Å². The summed E-state index contributed by atoms with van der Waals surface area (Å²) in [5.41, 5.74) is 0. The SMILES string of the molecule is CC1C2CC1CN(C)C2.CC1C2CCC1CN(C)C2.CC1CC2CC(C1)N2C.CC1CC2CCC(C1)N2C.CN1CC2CC(C1)N2C.CN1CC2CCC(C1)N2C.C[C@H]1CC2CC1CN2C.C[C@H]1CC2CCC1CN2C. The zero-order valence-corrected chi connectivity index (χ0v) is 53.0. The number of fused-ring (bicyclic) bond motifs is 17. The minimum Gasteiger partial charge on any atom is -0.306 e. The molecule has 10 heteroatoms. The van der Waals surface area contributed by atoms with Crippen molar-refractivity contribution in [1.29, 1.82) is 0 Å². The highest BCUT2D eigenvalue weighted by Gasteiger charge is 2.45. The lowest BCUT2D eigenvalue weighted by molar-refractivity contribution is -0.0408. The highest BCUT2D eigenvalue weighted by Crippen LogP contribution is 2.45. The molecular formula is C66H126N10. The molecule has 16 unspecified atom stereocenters. The Labute approximate surface area is 471 Å². The van der Waals surface area contributed by atoms with Crippen LogP contribution >= 0.6 is 0 Å². The van der Waals surface area contributed by atoms with E-state index in [1.165, 1.54) is 181 Å². The van der Waals surface area contributed by atoms with Crippen molar-refractivity contribution in [3.05, 3.63) is 0 Å². The van der Waals surface area contributed by atoms with Gasteiger partial charge in [0.1, 0.15) is 0 Å². The van der Waals surface area contributed by atoms with Gasteiger partial charge in [-0.05, 0) is 257 Å². The Bertz CT molecular complexity index is 1490. The zero-order chi connectivity index (χ0) is 54.3. The quantitative estimate of drug-likeness (QED) is 0.234. The fourth-order valence-corrected chi connectivity index (χ4v) is 19.5. The first-order valence-electron chi connectivity index (χ1n) is 33.2. The van der Waals surface area contributed by atoms with Gasteiger partial charge in [0.25, 0.3) is 0 Å². The fourth-order valence-electron chi connectivity index (χ4n) is 19.5. The summed E-state index contributed by atoms with van der Waals surface area (Å²) >= 11 is 0. The van der Waals surface area contributed by atoms with Crippen LogP contribution in [0.4, 0.5) is 0 Å². The van der Waals surface area contributed by atoms with Crippen LogP contribution in [-0.4, -0.2) is 245 Å². The van der Waals surface area contributed by atoms with Gasteiger partial charge in [-0.1, -0.05) is 41.5 Å². The van der Waals surface area contributed by atoms with Gasteiger partial charge in [0.2, 0.25) is 0 Å². The van der Waals surface area contributed by atoms with E-state index < -0.39 is 0 Å². The molecule has 15 heterocycles. The van der Waals surface area contributed by atoms with Crippen LogP contribution in [0.3, 0.4) is 0 Å². The van der Waals surface area contributed by atoms with E-state index in [9.17, 15) is 0 Å². The van der Waals surface area contributed by atoms with Crippen molar-refractivity contribution in [1.82, 2.24) is 49.0 Å². The van der Waals surface area contributed by atoms with Gasteiger partial charge in [0.05, 0.1) is 0 Å². The number of hydrogen-bond donors (Lipinski definition) is 0. The molecule has 5 aliphatic carbocycles. The third-order valence-electron chi connectivity index (χ3n) is 25.5. The molecule has 15 aliphatic heterocycles. The lowest BCUT2D eigenvalue weighted by atomic mass is 9.63. The predicted octanol–water partition coefficient (Wildman–Crippen LogP) is 9.65. The third kappa shape index (κ3) is 14.5. The Morgan fingerprint density at radius 2 is 0.566 bits per heavy atom. The summed E-state index contributed by atoms with van der Waals surface area (Å²) in [6.07, 6.45) is 26.4. The minimum absolute atomic E-state index is 0.865. The second-order valence-electron chi connectivity index (χ2n) is 31.1. The van der Waals surface area contributed by atoms with Gasteiger partial charge in [-0.3, -0.25) is 9.80 Å². The van der Waals surface area contributed by atoms with Gasteiger partial charge in [-0.25, -0.2) is 0 Å². The first-order chi connectivity index (χ1) is 36.2. The lowest BCUT2D eigenvalue weighted by Gasteiger charge is -2.54. The summed E-state index contributed by atoms with van der Waals surface area (Å²) in [6, 6.07) is 9.17. The molecule has 0 spiro atoms. The number of likely N-dealkylation sites (tertiary alicyclic amines) is 3. The van der Waals surface area contributed by atoms with Gasteiger partial charge < -0.3 is 39.2 Å². The van der Waals surface area contributed by atoms with E-state index in [4.69, 9.17) is 0 Å². The molecule has 20 aliphatic rings. The van der Waals surface area contributed by atoms with Gasteiger partial charge in [0, 0.05) is 126 Å². The van der Waals surface area contributed by atoms with Crippen molar-refractivity contribution in [2.45, 2.75) is 218 Å². The monoisotopic (exact) mass is 1060 g/mol. The van der Waals surface area contributed by atoms with E-state index in [1.54, 1.807) is 0 Å². The molecule has 16 bridgehead atoms. The number of piperidine rings is 9. The molecule has 0 amide bonds. The number of hydrogen-bond acceptors (Lipinski definition) is 10. The Balaban J connectivity index is 0.000000106. The van der Waals surface area contributed by atoms with Crippen LogP contribution in [0.1, 0.15) is 157 Å². The van der Waals surface area contributed by atoms with Gasteiger partial charge in [0.15, 0.2) is 0 Å². The van der Waals surface area contributed by atoms with Gasteiger partial charge in [-0.2, -0.15) is 0 Å². The summed E-state index contributed by atoms with van der Waals surface area (Å²) in [5.74, 6) is 12.3. The number of piperazine rings is 2. The van der Waals surface area contributed by atoms with Crippen LogP contribution in [-0.2, 0) is 0 Å². The van der Waals surface area contributed by atoms with E-state index in [0.29, 0.717) is 0 Å². The van der Waals surface area contributed by atoms with Crippen LogP contribution < -0.4 is 0 Å². The molecule has 20 rings (SSSR count). The molecule has 20 fully saturated rings. The topological polar surface area (TPSA) is 32.4 Å². The van der Waals surface area contributed by atoms with E-state index in [0.717, 1.165) is 131 Å². The van der Waals surface area contributed by atoms with E-state index in [2.05, 4.69) is 161 Å². The second kappa shape index (κ2) is 26.5. The lowest BCUT2D eigenvalue weighted by Crippen LogP contribution is -2.66. The standard InChI is InChI=1S/3C9H17N.C8H16N2.3C8H15N.C7H14N2/c1-7-8-3-4-9(7)6-10(2)5-8;1-7-5-9-4-3-8(7)6-10(9)2;1-7-5-8-3-4-9(6-7)10(8)2;1-9-5-7-3-4-8(6-9)10(7)2;1-6-7-3-8(6)5-9(2)4-7;1-6-3-8-4-7(6)5-9(8)2;1-6-3-7-5-8(4-6)9(7)2;1-8-4-6-3-7(5-8)9(6)2/h3*7-9H,3-6H2,1-2H3;7-8H,3-6H2,1-2H3;3*6-8H,3-5H2,1-2H3;6-7H,3-5H2,1-2H3/t;7-,8?,9?;;;;6-,7?,8?;;/m.0...0../s1. The van der Waals surface area contributed by atoms with Crippen molar-refractivity contribution < 1.29 is 0 Å². The molecule has 10 nitrogen and oxygen atoms in total. The highest BCUT2D eigenvalue weighted by atomic mass is 15.3. The summed E-state index contributed by atoms with van der Waals surface area (Å²) in [5, 5.41) is 0. The van der Waals surface area contributed by atoms with Crippen molar-refractivity contribution in [3.63, 3.8) is 0 Å². The molecule has 76 heavy (non-hydrogen) atoms. The summed E-state index contributed by atoms with van der Waals surface area (Å²) in [4.78, 5) is 25.1.